The molecule has 1 aromatic heterocycles. The highest BCUT2D eigenvalue weighted by atomic mass is 16.5. The minimum Gasteiger partial charge on any atom is -0.334 e. The van der Waals surface area contributed by atoms with Gasteiger partial charge in [-0.25, -0.2) is 0 Å². The molecule has 2 aromatic carbocycles. The molecule has 27 heavy (non-hydrogen) atoms. The lowest BCUT2D eigenvalue weighted by Crippen LogP contribution is -2.26. The molecule has 4 rings (SSSR count). The number of carbonyl (C=O) groups excluding carboxylic acids is 1. The van der Waals surface area contributed by atoms with E-state index in [0.29, 0.717) is 24.7 Å². The van der Waals surface area contributed by atoms with E-state index in [1.165, 1.54) is 5.56 Å². The van der Waals surface area contributed by atoms with Crippen molar-refractivity contribution in [1.82, 2.24) is 10.1 Å². The lowest BCUT2D eigenvalue weighted by atomic mass is 10.0. The zero-order valence-corrected chi connectivity index (χ0v) is 16.1. The van der Waals surface area contributed by atoms with E-state index in [4.69, 9.17) is 4.52 Å². The molecule has 1 fully saturated rings. The Kier molecular flexibility index (Phi) is 4.30. The summed E-state index contributed by atoms with van der Waals surface area (Å²) in [5.41, 5.74) is 6.50. The summed E-state index contributed by atoms with van der Waals surface area (Å²) in [7, 11) is 0. The lowest BCUT2D eigenvalue weighted by molar-refractivity contribution is -0.117. The summed E-state index contributed by atoms with van der Waals surface area (Å²) in [5, 5.41) is 4.16. The Balaban J connectivity index is 1.60. The largest absolute Gasteiger partial charge is 0.334 e. The fourth-order valence-electron chi connectivity index (χ4n) is 3.99. The van der Waals surface area contributed by atoms with Crippen molar-refractivity contribution in [2.45, 2.75) is 40.0 Å². The van der Waals surface area contributed by atoms with Gasteiger partial charge in [0.25, 0.3) is 5.89 Å². The van der Waals surface area contributed by atoms with Gasteiger partial charge < -0.3 is 9.42 Å². The summed E-state index contributed by atoms with van der Waals surface area (Å²) in [5.74, 6) is 1.16. The molecule has 1 aliphatic rings. The van der Waals surface area contributed by atoms with Crippen molar-refractivity contribution in [2.75, 3.05) is 11.4 Å². The van der Waals surface area contributed by atoms with Gasteiger partial charge in [0, 0.05) is 30.1 Å². The fourth-order valence-corrected chi connectivity index (χ4v) is 3.99. The highest BCUT2D eigenvalue weighted by Gasteiger charge is 2.35. The molecule has 0 radical (unpaired) electrons. The van der Waals surface area contributed by atoms with Crippen LogP contribution in [0.4, 0.5) is 5.69 Å². The Morgan fingerprint density at radius 3 is 2.48 bits per heavy atom. The number of carbonyl (C=O) groups is 1. The molecule has 1 unspecified atom stereocenters. The third kappa shape index (κ3) is 3.25. The monoisotopic (exact) mass is 361 g/mol. The highest BCUT2D eigenvalue weighted by molar-refractivity contribution is 5.97. The Hall–Kier alpha value is -2.95. The van der Waals surface area contributed by atoms with Gasteiger partial charge in [-0.15, -0.1) is 0 Å². The van der Waals surface area contributed by atoms with Crippen LogP contribution >= 0.6 is 0 Å². The molecular formula is C22H23N3O2. The van der Waals surface area contributed by atoms with Gasteiger partial charge in [0.2, 0.25) is 5.91 Å². The predicted molar refractivity (Wildman–Crippen MR) is 105 cm³/mol. The number of amides is 1. The third-order valence-corrected chi connectivity index (χ3v) is 5.10. The van der Waals surface area contributed by atoms with E-state index in [9.17, 15) is 4.79 Å². The quantitative estimate of drug-likeness (QED) is 0.690. The summed E-state index contributed by atoms with van der Waals surface area (Å²) in [6.07, 6.45) is 0.402. The first kappa shape index (κ1) is 17.5. The molecule has 5 nitrogen and oxygen atoms in total. The number of hydrogen-bond acceptors (Lipinski definition) is 4. The average Bonchev–Trinajstić information content (AvgIpc) is 3.22. The number of hydrogen-bond donors (Lipinski definition) is 0. The summed E-state index contributed by atoms with van der Waals surface area (Å²) >= 11 is 0. The van der Waals surface area contributed by atoms with E-state index in [0.717, 1.165) is 27.9 Å². The molecule has 1 saturated heterocycles. The van der Waals surface area contributed by atoms with E-state index < -0.39 is 0 Å². The van der Waals surface area contributed by atoms with Crippen molar-refractivity contribution in [1.29, 1.82) is 0 Å². The molecule has 0 N–H and O–H groups in total. The molecule has 1 amide bonds. The van der Waals surface area contributed by atoms with Gasteiger partial charge >= 0.3 is 0 Å². The van der Waals surface area contributed by atoms with Gasteiger partial charge in [-0.1, -0.05) is 40.5 Å². The topological polar surface area (TPSA) is 59.2 Å². The SMILES string of the molecule is Cc1cccc(-c2nc(C3CC(=O)N(c4c(C)cc(C)cc4C)C3)no2)c1. The van der Waals surface area contributed by atoms with Crippen molar-refractivity contribution in [3.63, 3.8) is 0 Å². The van der Waals surface area contributed by atoms with Crippen LogP contribution in [-0.4, -0.2) is 22.6 Å². The number of nitrogens with zero attached hydrogens (tertiary/aromatic N) is 3. The maximum atomic E-state index is 12.7. The number of aryl methyl sites for hydroxylation is 4. The van der Waals surface area contributed by atoms with Gasteiger partial charge in [0.05, 0.1) is 0 Å². The summed E-state index contributed by atoms with van der Waals surface area (Å²) < 4.78 is 5.47. The van der Waals surface area contributed by atoms with Crippen molar-refractivity contribution < 1.29 is 9.32 Å². The van der Waals surface area contributed by atoms with Crippen LogP contribution in [0.15, 0.2) is 40.9 Å². The normalized spacial score (nSPS) is 17.0. The first-order chi connectivity index (χ1) is 12.9. The van der Waals surface area contributed by atoms with Crippen LogP contribution in [0.2, 0.25) is 0 Å². The molecule has 0 aliphatic carbocycles. The maximum Gasteiger partial charge on any atom is 0.257 e. The fraction of sp³-hybridized carbons (Fsp3) is 0.318. The maximum absolute atomic E-state index is 12.7. The Labute approximate surface area is 159 Å². The number of benzene rings is 2. The number of aromatic nitrogens is 2. The van der Waals surface area contributed by atoms with Crippen molar-refractivity contribution in [2.24, 2.45) is 0 Å². The van der Waals surface area contributed by atoms with Gasteiger partial charge in [0.15, 0.2) is 5.82 Å². The molecule has 0 spiro atoms. The average molecular weight is 361 g/mol. The van der Waals surface area contributed by atoms with Crippen LogP contribution in [0, 0.1) is 27.7 Å². The van der Waals surface area contributed by atoms with Crippen LogP contribution < -0.4 is 4.90 Å². The van der Waals surface area contributed by atoms with Gasteiger partial charge in [-0.05, 0) is 51.0 Å². The molecule has 1 atom stereocenters. The molecule has 0 saturated carbocycles. The first-order valence-electron chi connectivity index (χ1n) is 9.21. The summed E-state index contributed by atoms with van der Waals surface area (Å²) in [6, 6.07) is 12.2. The molecule has 138 valence electrons. The van der Waals surface area contributed by atoms with Crippen LogP contribution in [0.3, 0.4) is 0 Å². The Morgan fingerprint density at radius 2 is 1.78 bits per heavy atom. The standard InChI is InChI=1S/C22H23N3O2/c1-13-6-5-7-17(10-13)22-23-21(24-27-22)18-11-19(26)25(12-18)20-15(3)8-14(2)9-16(20)4/h5-10,18H,11-12H2,1-4H3. The van der Waals surface area contributed by atoms with E-state index in [-0.39, 0.29) is 11.8 Å². The molecule has 0 bridgehead atoms. The van der Waals surface area contributed by atoms with E-state index in [1.807, 2.05) is 36.1 Å². The molecule has 1 aliphatic heterocycles. The Morgan fingerprint density at radius 1 is 1.04 bits per heavy atom. The Bertz CT molecular complexity index is 999. The third-order valence-electron chi connectivity index (χ3n) is 5.10. The smallest absolute Gasteiger partial charge is 0.257 e. The summed E-state index contributed by atoms with van der Waals surface area (Å²) in [4.78, 5) is 19.2. The second-order valence-electron chi connectivity index (χ2n) is 7.48. The van der Waals surface area contributed by atoms with E-state index in [2.05, 4.69) is 43.0 Å². The highest BCUT2D eigenvalue weighted by Crippen LogP contribution is 2.35. The van der Waals surface area contributed by atoms with Crippen molar-refractivity contribution in [3.8, 4) is 11.5 Å². The zero-order valence-electron chi connectivity index (χ0n) is 16.1. The molecular weight excluding hydrogens is 338 g/mol. The minimum atomic E-state index is -0.0556. The second kappa shape index (κ2) is 6.65. The van der Waals surface area contributed by atoms with Crippen molar-refractivity contribution >= 4 is 11.6 Å². The van der Waals surface area contributed by atoms with Crippen molar-refractivity contribution in [3.05, 3.63) is 64.5 Å². The van der Waals surface area contributed by atoms with Gasteiger partial charge in [-0.2, -0.15) is 4.98 Å². The van der Waals surface area contributed by atoms with Crippen LogP contribution in [0.5, 0.6) is 0 Å². The summed E-state index contributed by atoms with van der Waals surface area (Å²) in [6.45, 7) is 8.79. The predicted octanol–water partition coefficient (Wildman–Crippen LogP) is 4.49. The first-order valence-corrected chi connectivity index (χ1v) is 9.21. The lowest BCUT2D eigenvalue weighted by Gasteiger charge is -2.22. The molecule has 5 heteroatoms. The zero-order chi connectivity index (χ0) is 19.1. The molecule has 3 aromatic rings. The second-order valence-corrected chi connectivity index (χ2v) is 7.48. The minimum absolute atomic E-state index is 0.0556. The van der Waals surface area contributed by atoms with Crippen LogP contribution in [0.1, 0.15) is 40.4 Å². The molecule has 2 heterocycles. The van der Waals surface area contributed by atoms with E-state index in [1.54, 1.807) is 0 Å². The van der Waals surface area contributed by atoms with Gasteiger partial charge in [0.1, 0.15) is 0 Å². The van der Waals surface area contributed by atoms with Gasteiger partial charge in [-0.3, -0.25) is 4.79 Å². The van der Waals surface area contributed by atoms with Crippen LogP contribution in [0.25, 0.3) is 11.5 Å². The number of rotatable bonds is 3. The number of anilines is 1. The van der Waals surface area contributed by atoms with Crippen LogP contribution in [-0.2, 0) is 4.79 Å². The van der Waals surface area contributed by atoms with E-state index >= 15 is 0 Å².